The third-order valence-corrected chi connectivity index (χ3v) is 7.15. The van der Waals surface area contributed by atoms with E-state index in [1.165, 1.54) is 0 Å². The third-order valence-electron chi connectivity index (χ3n) is 7.15. The Hall–Kier alpha value is -3.16. The maximum atomic E-state index is 13.2. The van der Waals surface area contributed by atoms with E-state index in [2.05, 4.69) is 36.2 Å². The van der Waals surface area contributed by atoms with Crippen LogP contribution in [-0.4, -0.2) is 51.1 Å². The summed E-state index contributed by atoms with van der Waals surface area (Å²) in [7, 11) is 0. The number of hydrogen-bond donors (Lipinski definition) is 1. The zero-order chi connectivity index (χ0) is 23.4. The molecule has 1 aliphatic heterocycles. The van der Waals surface area contributed by atoms with Crippen molar-refractivity contribution in [2.24, 2.45) is 11.3 Å². The Bertz CT molecular complexity index is 1180. The van der Waals surface area contributed by atoms with Crippen molar-refractivity contribution >= 4 is 22.8 Å². The van der Waals surface area contributed by atoms with Gasteiger partial charge < -0.3 is 14.6 Å². The second-order valence-electron chi connectivity index (χ2n) is 10.5. The van der Waals surface area contributed by atoms with Crippen LogP contribution < -0.4 is 5.32 Å². The Morgan fingerprint density at radius 1 is 1.24 bits per heavy atom. The van der Waals surface area contributed by atoms with Crippen LogP contribution in [-0.2, 0) is 5.54 Å². The molecule has 2 amide bonds. The number of aromatic nitrogens is 3. The maximum Gasteiger partial charge on any atom is 0.287 e. The van der Waals surface area contributed by atoms with Crippen LogP contribution in [0, 0.1) is 18.3 Å². The summed E-state index contributed by atoms with van der Waals surface area (Å²) in [5.41, 5.74) is 2.14. The van der Waals surface area contributed by atoms with Crippen LogP contribution in [0.2, 0.25) is 0 Å². The number of likely N-dealkylation sites (tertiary alicyclic amines) is 1. The van der Waals surface area contributed by atoms with Gasteiger partial charge in [0, 0.05) is 31.2 Å². The lowest BCUT2D eigenvalue weighted by Gasteiger charge is -2.34. The van der Waals surface area contributed by atoms with Gasteiger partial charge in [0.2, 0.25) is 0 Å². The quantitative estimate of drug-likeness (QED) is 0.655. The number of pyridine rings is 1. The number of fused-ring (bicyclic) bond motifs is 1. The van der Waals surface area contributed by atoms with Crippen molar-refractivity contribution in [2.75, 3.05) is 19.6 Å². The molecule has 1 unspecified atom stereocenters. The summed E-state index contributed by atoms with van der Waals surface area (Å²) < 4.78 is 7.46. The van der Waals surface area contributed by atoms with Gasteiger partial charge in [-0.05, 0) is 76.5 Å². The molecule has 33 heavy (non-hydrogen) atoms. The Kier molecular flexibility index (Phi) is 5.06. The molecule has 2 fully saturated rings. The van der Waals surface area contributed by atoms with Gasteiger partial charge in [0.05, 0.1) is 17.4 Å². The summed E-state index contributed by atoms with van der Waals surface area (Å²) in [6, 6.07) is 5.47. The largest absolute Gasteiger partial charge is 0.449 e. The van der Waals surface area contributed by atoms with Crippen molar-refractivity contribution in [1.29, 1.82) is 0 Å². The lowest BCUT2D eigenvalue weighted by atomic mass is 9.90. The molecule has 1 saturated heterocycles. The number of amides is 2. The molecule has 3 aromatic rings. The topological polar surface area (TPSA) is 93.3 Å². The molecule has 8 nitrogen and oxygen atoms in total. The first kappa shape index (κ1) is 21.7. The van der Waals surface area contributed by atoms with E-state index in [1.54, 1.807) is 18.5 Å². The second-order valence-corrected chi connectivity index (χ2v) is 10.5. The van der Waals surface area contributed by atoms with Crippen molar-refractivity contribution in [1.82, 2.24) is 25.0 Å². The van der Waals surface area contributed by atoms with Crippen molar-refractivity contribution in [2.45, 2.75) is 52.5 Å². The van der Waals surface area contributed by atoms with Gasteiger partial charge in [0.1, 0.15) is 5.69 Å². The summed E-state index contributed by atoms with van der Waals surface area (Å²) in [5.74, 6) is 0.642. The molecule has 1 atom stereocenters. The highest BCUT2D eigenvalue weighted by atomic mass is 16.3. The van der Waals surface area contributed by atoms with Gasteiger partial charge in [-0.2, -0.15) is 5.10 Å². The van der Waals surface area contributed by atoms with E-state index in [1.807, 2.05) is 28.6 Å². The summed E-state index contributed by atoms with van der Waals surface area (Å²) >= 11 is 0. The first-order chi connectivity index (χ1) is 15.7. The molecule has 8 heteroatoms. The maximum absolute atomic E-state index is 13.2. The molecule has 1 spiro atoms. The van der Waals surface area contributed by atoms with E-state index in [4.69, 9.17) is 4.42 Å². The van der Waals surface area contributed by atoms with Crippen molar-refractivity contribution in [3.05, 3.63) is 47.7 Å². The van der Waals surface area contributed by atoms with Crippen LogP contribution in [0.1, 0.15) is 66.8 Å². The van der Waals surface area contributed by atoms with Gasteiger partial charge in [-0.1, -0.05) is 0 Å². The van der Waals surface area contributed by atoms with E-state index in [0.717, 1.165) is 43.4 Å². The number of carbonyl (C=O) groups is 2. The zero-order valence-corrected chi connectivity index (χ0v) is 19.7. The van der Waals surface area contributed by atoms with Crippen LogP contribution in [0.4, 0.5) is 0 Å². The molecule has 2 aliphatic rings. The minimum atomic E-state index is -0.244. The first-order valence-electron chi connectivity index (χ1n) is 11.6. The molecule has 1 aliphatic carbocycles. The van der Waals surface area contributed by atoms with Crippen LogP contribution in [0.5, 0.6) is 0 Å². The first-order valence-corrected chi connectivity index (χ1v) is 11.6. The summed E-state index contributed by atoms with van der Waals surface area (Å²) in [6.07, 6.45) is 6.34. The second kappa shape index (κ2) is 7.71. The van der Waals surface area contributed by atoms with Gasteiger partial charge in [-0.3, -0.25) is 19.3 Å². The molecule has 1 saturated carbocycles. The predicted molar refractivity (Wildman–Crippen MR) is 124 cm³/mol. The van der Waals surface area contributed by atoms with Crippen molar-refractivity contribution in [3.8, 4) is 0 Å². The Morgan fingerprint density at radius 3 is 2.70 bits per heavy atom. The van der Waals surface area contributed by atoms with Gasteiger partial charge in [-0.25, -0.2) is 0 Å². The lowest BCUT2D eigenvalue weighted by Crippen LogP contribution is -2.42. The van der Waals surface area contributed by atoms with Crippen LogP contribution in [0.25, 0.3) is 11.0 Å². The predicted octanol–water partition coefficient (Wildman–Crippen LogP) is 3.76. The Morgan fingerprint density at radius 2 is 2.00 bits per heavy atom. The average molecular weight is 450 g/mol. The fourth-order valence-corrected chi connectivity index (χ4v) is 5.11. The third kappa shape index (κ3) is 4.03. The van der Waals surface area contributed by atoms with Crippen LogP contribution >= 0.6 is 0 Å². The number of piperidine rings is 1. The van der Waals surface area contributed by atoms with Gasteiger partial charge in [-0.15, -0.1) is 0 Å². The molecule has 0 aromatic carbocycles. The molecule has 0 bridgehead atoms. The molecular weight excluding hydrogens is 418 g/mol. The summed E-state index contributed by atoms with van der Waals surface area (Å²) in [5, 5.41) is 8.46. The Balaban J connectivity index is 1.16. The lowest BCUT2D eigenvalue weighted by molar-refractivity contribution is 0.0648. The van der Waals surface area contributed by atoms with Crippen LogP contribution in [0.3, 0.4) is 0 Å². The van der Waals surface area contributed by atoms with Gasteiger partial charge in [0.15, 0.2) is 11.3 Å². The van der Waals surface area contributed by atoms with E-state index in [9.17, 15) is 9.59 Å². The average Bonchev–Trinajstić information content (AvgIpc) is 3.12. The number of rotatable bonds is 4. The number of furan rings is 1. The summed E-state index contributed by atoms with van der Waals surface area (Å²) in [6.45, 7) is 10.2. The van der Waals surface area contributed by atoms with Crippen molar-refractivity contribution in [3.63, 3.8) is 0 Å². The van der Waals surface area contributed by atoms with Crippen LogP contribution in [0.15, 0.2) is 35.0 Å². The molecule has 3 aromatic heterocycles. The molecular formula is C25H31N5O3. The SMILES string of the molecule is Cc1cc(C(=O)N2CCC3(CC2)CC3CNC(=O)c2cc3ccncc3o2)n(C(C)(C)C)n1. The number of nitrogens with one attached hydrogen (secondary N) is 1. The zero-order valence-electron chi connectivity index (χ0n) is 19.7. The fourth-order valence-electron chi connectivity index (χ4n) is 5.11. The van der Waals surface area contributed by atoms with E-state index in [0.29, 0.717) is 29.5 Å². The normalized spacial score (nSPS) is 19.8. The van der Waals surface area contributed by atoms with E-state index >= 15 is 0 Å². The number of nitrogens with zero attached hydrogens (tertiary/aromatic N) is 4. The molecule has 4 heterocycles. The fraction of sp³-hybridized carbons (Fsp3) is 0.520. The minimum Gasteiger partial charge on any atom is -0.449 e. The summed E-state index contributed by atoms with van der Waals surface area (Å²) in [4.78, 5) is 31.8. The Labute approximate surface area is 193 Å². The molecule has 5 rings (SSSR count). The number of aryl methyl sites for hydroxylation is 1. The molecule has 1 N–H and O–H groups in total. The van der Waals surface area contributed by atoms with Crippen molar-refractivity contribution < 1.29 is 14.0 Å². The minimum absolute atomic E-state index is 0.0604. The molecule has 174 valence electrons. The highest BCUT2D eigenvalue weighted by Crippen LogP contribution is 2.59. The van der Waals surface area contributed by atoms with Gasteiger partial charge >= 0.3 is 0 Å². The highest BCUT2D eigenvalue weighted by molar-refractivity contribution is 5.96. The van der Waals surface area contributed by atoms with E-state index in [-0.39, 0.29) is 22.8 Å². The standard InChI is InChI=1S/C25H31N5O3/c1-16-11-19(30(28-16)24(2,3)4)23(32)29-9-6-25(7-10-29)13-18(25)14-27-22(31)20-12-17-5-8-26-15-21(17)33-20/h5,8,11-12,15,18H,6-7,9-10,13-14H2,1-4H3,(H,27,31). The number of carbonyl (C=O) groups excluding carboxylic acids is 2. The monoisotopic (exact) mass is 449 g/mol. The van der Waals surface area contributed by atoms with E-state index < -0.39 is 0 Å². The highest BCUT2D eigenvalue weighted by Gasteiger charge is 2.55. The smallest absolute Gasteiger partial charge is 0.287 e. The van der Waals surface area contributed by atoms with Gasteiger partial charge in [0.25, 0.3) is 11.8 Å². The molecule has 0 radical (unpaired) electrons. The number of hydrogen-bond acceptors (Lipinski definition) is 5.